The SMILES string of the molecule is c1ccc(-c2cc(-c3cc4c5cc(N(c6ccccc6)c6ccc7oc8ccccc8c7c6)ccc5oc4c4ccccc34)nc(-c3ccccc3)n2)cc1. The van der Waals surface area contributed by atoms with Crippen LogP contribution in [0.4, 0.5) is 17.1 Å². The molecule has 5 heteroatoms. The lowest BCUT2D eigenvalue weighted by molar-refractivity contribution is 0.669. The van der Waals surface area contributed by atoms with Crippen LogP contribution in [-0.4, -0.2) is 9.97 Å². The van der Waals surface area contributed by atoms with E-state index in [9.17, 15) is 0 Å². The fraction of sp³-hybridized carbons (Fsp3) is 0. The maximum absolute atomic E-state index is 6.72. The quantitative estimate of drug-likeness (QED) is 0.172. The van der Waals surface area contributed by atoms with Crippen molar-refractivity contribution >= 4 is 71.7 Å². The highest BCUT2D eigenvalue weighted by Crippen LogP contribution is 2.44. The van der Waals surface area contributed by atoms with E-state index in [1.54, 1.807) is 0 Å². The van der Waals surface area contributed by atoms with Gasteiger partial charge < -0.3 is 13.7 Å². The van der Waals surface area contributed by atoms with Crippen LogP contribution >= 0.6 is 0 Å². The minimum absolute atomic E-state index is 0.682. The molecule has 11 aromatic rings. The maximum atomic E-state index is 6.72. The molecule has 11 rings (SSSR count). The molecule has 258 valence electrons. The molecule has 55 heavy (non-hydrogen) atoms. The molecular formula is C50H31N3O2. The first-order valence-corrected chi connectivity index (χ1v) is 18.4. The summed E-state index contributed by atoms with van der Waals surface area (Å²) in [5.41, 5.74) is 11.3. The molecule has 0 saturated heterocycles. The molecule has 0 unspecified atom stereocenters. The van der Waals surface area contributed by atoms with Crippen molar-refractivity contribution in [2.45, 2.75) is 0 Å². The van der Waals surface area contributed by atoms with Crippen LogP contribution in [0.3, 0.4) is 0 Å². The van der Waals surface area contributed by atoms with E-state index >= 15 is 0 Å². The Hall–Kier alpha value is -7.50. The molecule has 8 aromatic carbocycles. The lowest BCUT2D eigenvalue weighted by Crippen LogP contribution is -2.09. The fourth-order valence-electron chi connectivity index (χ4n) is 7.87. The molecule has 0 amide bonds. The average molecular weight is 706 g/mol. The number of rotatable bonds is 6. The van der Waals surface area contributed by atoms with Crippen molar-refractivity contribution < 1.29 is 8.83 Å². The van der Waals surface area contributed by atoms with Gasteiger partial charge in [0.1, 0.15) is 22.3 Å². The Balaban J connectivity index is 1.14. The van der Waals surface area contributed by atoms with Gasteiger partial charge in [-0.3, -0.25) is 0 Å². The molecule has 0 saturated carbocycles. The molecule has 0 aliphatic heterocycles. The van der Waals surface area contributed by atoms with Crippen LogP contribution in [0.2, 0.25) is 0 Å². The van der Waals surface area contributed by atoms with Gasteiger partial charge >= 0.3 is 0 Å². The average Bonchev–Trinajstić information content (AvgIpc) is 3.82. The van der Waals surface area contributed by atoms with E-state index in [4.69, 9.17) is 18.8 Å². The number of anilines is 3. The predicted molar refractivity (Wildman–Crippen MR) is 225 cm³/mol. The van der Waals surface area contributed by atoms with Crippen molar-refractivity contribution in [1.82, 2.24) is 9.97 Å². The molecule has 3 aromatic heterocycles. The number of nitrogens with zero attached hydrogens (tertiary/aromatic N) is 3. The van der Waals surface area contributed by atoms with Crippen LogP contribution < -0.4 is 4.90 Å². The van der Waals surface area contributed by atoms with Crippen LogP contribution in [0.1, 0.15) is 0 Å². The third kappa shape index (κ3) is 5.24. The molecule has 0 fully saturated rings. The first kappa shape index (κ1) is 31.1. The van der Waals surface area contributed by atoms with Gasteiger partial charge in [-0.25, -0.2) is 9.97 Å². The molecule has 0 bridgehead atoms. The van der Waals surface area contributed by atoms with Crippen LogP contribution in [-0.2, 0) is 0 Å². The van der Waals surface area contributed by atoms with E-state index in [2.05, 4.69) is 138 Å². The summed E-state index contributed by atoms with van der Waals surface area (Å²) in [4.78, 5) is 12.6. The molecule has 0 aliphatic rings. The van der Waals surface area contributed by atoms with Crippen molar-refractivity contribution in [1.29, 1.82) is 0 Å². The van der Waals surface area contributed by atoms with E-state index in [0.29, 0.717) is 5.82 Å². The zero-order chi connectivity index (χ0) is 36.3. The van der Waals surface area contributed by atoms with Gasteiger partial charge in [-0.2, -0.15) is 0 Å². The number of aromatic nitrogens is 2. The molecule has 5 nitrogen and oxygen atoms in total. The summed E-state index contributed by atoms with van der Waals surface area (Å²) in [7, 11) is 0. The van der Waals surface area contributed by atoms with Gasteiger partial charge in [0.2, 0.25) is 0 Å². The van der Waals surface area contributed by atoms with Gasteiger partial charge in [-0.15, -0.1) is 0 Å². The molecule has 0 atom stereocenters. The standard InChI is InChI=1S/C50H31N3O2/c1-4-14-32(15-5-1)44-31-45(52-50(51-44)33-16-6-2-7-17-33)40-30-43-42-29-36(25-27-48(42)55-49(43)39-22-11-10-20-37(39)40)53(34-18-8-3-9-19-34)35-24-26-47-41(28-35)38-21-12-13-23-46(38)54-47/h1-31H. The largest absolute Gasteiger partial charge is 0.456 e. The number of para-hydroxylation sites is 2. The Morgan fingerprint density at radius 3 is 1.62 bits per heavy atom. The smallest absolute Gasteiger partial charge is 0.160 e. The third-order valence-corrected chi connectivity index (χ3v) is 10.5. The molecule has 0 spiro atoms. The highest BCUT2D eigenvalue weighted by Gasteiger charge is 2.21. The molecule has 0 radical (unpaired) electrons. The van der Waals surface area contributed by atoms with Crippen LogP contribution in [0.25, 0.3) is 88.6 Å². The van der Waals surface area contributed by atoms with Gasteiger partial charge in [-0.05, 0) is 72.1 Å². The summed E-state index contributed by atoms with van der Waals surface area (Å²) in [6, 6.07) is 64.9. The Morgan fingerprint density at radius 2 is 0.891 bits per heavy atom. The summed E-state index contributed by atoms with van der Waals surface area (Å²) >= 11 is 0. The summed E-state index contributed by atoms with van der Waals surface area (Å²) in [6.45, 7) is 0. The van der Waals surface area contributed by atoms with E-state index in [1.165, 1.54) is 0 Å². The van der Waals surface area contributed by atoms with Crippen molar-refractivity contribution in [2.24, 2.45) is 0 Å². The Bertz CT molecular complexity index is 3150. The summed E-state index contributed by atoms with van der Waals surface area (Å²) in [5, 5.41) is 6.32. The zero-order valence-corrected chi connectivity index (χ0v) is 29.6. The third-order valence-electron chi connectivity index (χ3n) is 10.5. The fourth-order valence-corrected chi connectivity index (χ4v) is 7.87. The van der Waals surface area contributed by atoms with Gasteiger partial charge in [0.15, 0.2) is 5.82 Å². The second-order valence-corrected chi connectivity index (χ2v) is 13.8. The number of hydrogen-bond donors (Lipinski definition) is 0. The Labute approximate surface area is 316 Å². The van der Waals surface area contributed by atoms with Crippen molar-refractivity contribution in [3.05, 3.63) is 188 Å². The van der Waals surface area contributed by atoms with Crippen molar-refractivity contribution in [3.63, 3.8) is 0 Å². The summed E-state index contributed by atoms with van der Waals surface area (Å²) in [6.07, 6.45) is 0. The van der Waals surface area contributed by atoms with E-state index in [0.717, 1.165) is 99.8 Å². The van der Waals surface area contributed by atoms with Gasteiger partial charge in [0.25, 0.3) is 0 Å². The van der Waals surface area contributed by atoms with Crippen molar-refractivity contribution in [3.8, 4) is 33.9 Å². The van der Waals surface area contributed by atoms with Crippen molar-refractivity contribution in [2.75, 3.05) is 4.90 Å². The first-order chi connectivity index (χ1) is 27.2. The number of hydrogen-bond acceptors (Lipinski definition) is 5. The molecule has 0 aliphatic carbocycles. The minimum atomic E-state index is 0.682. The van der Waals surface area contributed by atoms with Gasteiger partial charge in [0, 0.05) is 60.7 Å². The second-order valence-electron chi connectivity index (χ2n) is 13.8. The number of furan rings is 2. The summed E-state index contributed by atoms with van der Waals surface area (Å²) < 4.78 is 12.9. The highest BCUT2D eigenvalue weighted by atomic mass is 16.3. The Morgan fingerprint density at radius 1 is 0.345 bits per heavy atom. The van der Waals surface area contributed by atoms with E-state index < -0.39 is 0 Å². The van der Waals surface area contributed by atoms with Crippen LogP contribution in [0.5, 0.6) is 0 Å². The van der Waals surface area contributed by atoms with Crippen LogP contribution in [0, 0.1) is 0 Å². The molecule has 0 N–H and O–H groups in total. The predicted octanol–water partition coefficient (Wildman–Crippen LogP) is 13.9. The summed E-state index contributed by atoms with van der Waals surface area (Å²) in [5.74, 6) is 0.682. The number of benzene rings is 8. The maximum Gasteiger partial charge on any atom is 0.160 e. The lowest BCUT2D eigenvalue weighted by atomic mass is 9.97. The normalized spacial score (nSPS) is 11.6. The highest BCUT2D eigenvalue weighted by molar-refractivity contribution is 6.19. The Kier molecular flexibility index (Phi) is 7.10. The molecule has 3 heterocycles. The number of fused-ring (bicyclic) bond motifs is 8. The minimum Gasteiger partial charge on any atom is -0.456 e. The van der Waals surface area contributed by atoms with Gasteiger partial charge in [0.05, 0.1) is 11.4 Å². The van der Waals surface area contributed by atoms with E-state index in [1.807, 2.05) is 54.6 Å². The van der Waals surface area contributed by atoms with Gasteiger partial charge in [-0.1, -0.05) is 121 Å². The second kappa shape index (κ2) is 12.6. The monoisotopic (exact) mass is 705 g/mol. The topological polar surface area (TPSA) is 55.3 Å². The lowest BCUT2D eigenvalue weighted by Gasteiger charge is -2.25. The molecular weight excluding hydrogens is 675 g/mol. The van der Waals surface area contributed by atoms with Crippen LogP contribution in [0.15, 0.2) is 197 Å². The first-order valence-electron chi connectivity index (χ1n) is 18.4. The van der Waals surface area contributed by atoms with E-state index in [-0.39, 0.29) is 0 Å². The zero-order valence-electron chi connectivity index (χ0n) is 29.6.